The number of hydrogen-bond acceptors (Lipinski definition) is 5. The van der Waals surface area contributed by atoms with E-state index in [1.54, 1.807) is 35.2 Å². The second kappa shape index (κ2) is 9.67. The molecule has 0 radical (unpaired) electrons. The van der Waals surface area contributed by atoms with E-state index >= 15 is 0 Å². The predicted octanol–water partition coefficient (Wildman–Crippen LogP) is 2.09. The summed E-state index contributed by atoms with van der Waals surface area (Å²) in [6.45, 7) is 0.569. The van der Waals surface area contributed by atoms with E-state index in [9.17, 15) is 21.6 Å². The highest BCUT2D eigenvalue weighted by Gasteiger charge is 2.37. The van der Waals surface area contributed by atoms with Crippen LogP contribution in [0.15, 0.2) is 94.7 Å². The monoisotopic (exact) mass is 499 g/mol. The van der Waals surface area contributed by atoms with Gasteiger partial charge in [-0.3, -0.25) is 4.79 Å². The molecule has 1 aliphatic heterocycles. The summed E-state index contributed by atoms with van der Waals surface area (Å²) in [5, 5.41) is 5.14. The van der Waals surface area contributed by atoms with Gasteiger partial charge >= 0.3 is 0 Å². The highest BCUT2D eigenvalue weighted by Crippen LogP contribution is 2.25. The molecule has 0 unspecified atom stereocenters. The maximum atomic E-state index is 13.4. The Kier molecular flexibility index (Phi) is 6.85. The van der Waals surface area contributed by atoms with E-state index < -0.39 is 26.1 Å². The number of carbonyl (C=O) groups excluding carboxylic acids is 1. The van der Waals surface area contributed by atoms with Crippen LogP contribution in [0.3, 0.4) is 0 Å². The van der Waals surface area contributed by atoms with Crippen LogP contribution in [0, 0.1) is 0 Å². The van der Waals surface area contributed by atoms with Crippen molar-refractivity contribution in [2.24, 2.45) is 5.14 Å². The fourth-order valence-electron chi connectivity index (χ4n) is 4.09. The van der Waals surface area contributed by atoms with Gasteiger partial charge < -0.3 is 4.90 Å². The lowest BCUT2D eigenvalue weighted by atomic mass is 10.0. The zero-order valence-electron chi connectivity index (χ0n) is 18.3. The Balaban J connectivity index is 1.61. The number of benzene rings is 3. The van der Waals surface area contributed by atoms with Crippen LogP contribution in [-0.4, -0.2) is 57.6 Å². The van der Waals surface area contributed by atoms with Gasteiger partial charge in [-0.1, -0.05) is 48.5 Å². The molecule has 34 heavy (non-hydrogen) atoms. The number of carbonyl (C=O) groups is 1. The highest BCUT2D eigenvalue weighted by atomic mass is 32.2. The lowest BCUT2D eigenvalue weighted by Gasteiger charge is -2.40. The third-order valence-electron chi connectivity index (χ3n) is 5.81. The number of primary sulfonamides is 1. The maximum Gasteiger partial charge on any atom is 0.253 e. The number of nitrogens with zero attached hydrogens (tertiary/aromatic N) is 2. The molecule has 1 amide bonds. The van der Waals surface area contributed by atoms with E-state index in [-0.39, 0.29) is 35.3 Å². The number of rotatable bonds is 6. The average molecular weight is 500 g/mol. The van der Waals surface area contributed by atoms with Crippen LogP contribution < -0.4 is 5.14 Å². The van der Waals surface area contributed by atoms with Crippen LogP contribution in [0.2, 0.25) is 0 Å². The molecule has 0 saturated carbocycles. The number of amides is 1. The van der Waals surface area contributed by atoms with Crippen LogP contribution in [0.1, 0.15) is 15.9 Å². The van der Waals surface area contributed by atoms with Gasteiger partial charge in [-0.2, -0.15) is 4.31 Å². The molecule has 1 atom stereocenters. The van der Waals surface area contributed by atoms with Crippen LogP contribution in [0.5, 0.6) is 0 Å². The van der Waals surface area contributed by atoms with E-state index in [1.807, 2.05) is 30.3 Å². The van der Waals surface area contributed by atoms with Crippen LogP contribution in [-0.2, 0) is 26.5 Å². The topological polar surface area (TPSA) is 118 Å². The van der Waals surface area contributed by atoms with Crippen molar-refractivity contribution >= 4 is 26.0 Å². The number of piperazine rings is 1. The number of sulfonamides is 2. The Bertz CT molecular complexity index is 1360. The Morgan fingerprint density at radius 2 is 1.38 bits per heavy atom. The smallest absolute Gasteiger partial charge is 0.253 e. The molecule has 1 aliphatic rings. The molecule has 0 aliphatic carbocycles. The van der Waals surface area contributed by atoms with Crippen molar-refractivity contribution in [2.75, 3.05) is 19.6 Å². The van der Waals surface area contributed by atoms with Crippen molar-refractivity contribution < 1.29 is 21.6 Å². The number of nitrogens with two attached hydrogens (primary N) is 1. The normalized spacial score (nSPS) is 17.4. The summed E-state index contributed by atoms with van der Waals surface area (Å²) < 4.78 is 51.3. The molecule has 0 spiro atoms. The Morgan fingerprint density at radius 1 is 0.794 bits per heavy atom. The van der Waals surface area contributed by atoms with Crippen molar-refractivity contribution in [3.8, 4) is 0 Å². The predicted molar refractivity (Wildman–Crippen MR) is 128 cm³/mol. The van der Waals surface area contributed by atoms with E-state index in [2.05, 4.69) is 0 Å². The van der Waals surface area contributed by atoms with Gasteiger partial charge in [0.25, 0.3) is 5.91 Å². The van der Waals surface area contributed by atoms with Gasteiger partial charge in [0.05, 0.1) is 9.79 Å². The summed E-state index contributed by atoms with van der Waals surface area (Å²) in [5.41, 5.74) is 1.28. The largest absolute Gasteiger partial charge is 0.336 e. The Morgan fingerprint density at radius 3 is 1.97 bits per heavy atom. The third-order valence-corrected chi connectivity index (χ3v) is 8.70. The molecule has 1 saturated heterocycles. The van der Waals surface area contributed by atoms with Crippen molar-refractivity contribution in [3.63, 3.8) is 0 Å². The van der Waals surface area contributed by atoms with Gasteiger partial charge in [0.1, 0.15) is 0 Å². The molecule has 2 N–H and O–H groups in total. The molecule has 0 bridgehead atoms. The fourth-order valence-corrected chi connectivity index (χ4v) is 6.23. The van der Waals surface area contributed by atoms with Crippen LogP contribution >= 0.6 is 0 Å². The SMILES string of the molecule is NS(=O)(=O)c1ccc(C(=O)N2CCN(S(=O)(=O)c3ccccc3)[C@@H](Cc3ccccc3)C2)cc1. The first kappa shape index (κ1) is 24.1. The molecule has 3 aromatic rings. The molecule has 3 aromatic carbocycles. The zero-order valence-corrected chi connectivity index (χ0v) is 20.0. The highest BCUT2D eigenvalue weighted by molar-refractivity contribution is 7.89. The standard InChI is InChI=1S/C24H25N3O5S2/c25-33(29,30)22-13-11-20(12-14-22)24(28)26-15-16-27(34(31,32)23-9-5-2-6-10-23)21(18-26)17-19-7-3-1-4-8-19/h1-14,21H,15-18H2,(H2,25,29,30)/t21-/m0/s1. The first-order valence-electron chi connectivity index (χ1n) is 10.7. The van der Waals surface area contributed by atoms with Gasteiger partial charge in [-0.05, 0) is 48.4 Å². The third kappa shape index (κ3) is 5.20. The lowest BCUT2D eigenvalue weighted by Crippen LogP contribution is -2.57. The van der Waals surface area contributed by atoms with Crippen molar-refractivity contribution in [1.82, 2.24) is 9.21 Å². The fraction of sp³-hybridized carbons (Fsp3) is 0.208. The molecule has 1 heterocycles. The van der Waals surface area contributed by atoms with E-state index in [4.69, 9.17) is 5.14 Å². The molecule has 8 nitrogen and oxygen atoms in total. The molecule has 1 fully saturated rings. The molecule has 4 rings (SSSR count). The second-order valence-electron chi connectivity index (χ2n) is 8.09. The minimum absolute atomic E-state index is 0.0789. The van der Waals surface area contributed by atoms with Gasteiger partial charge in [0, 0.05) is 31.2 Å². The first-order valence-corrected chi connectivity index (χ1v) is 13.7. The average Bonchev–Trinajstić information content (AvgIpc) is 2.84. The first-order chi connectivity index (χ1) is 16.2. The minimum atomic E-state index is -3.86. The Labute approximate surface area is 199 Å². The summed E-state index contributed by atoms with van der Waals surface area (Å²) in [5.74, 6) is -0.296. The van der Waals surface area contributed by atoms with Gasteiger partial charge in [-0.15, -0.1) is 0 Å². The summed E-state index contributed by atoms with van der Waals surface area (Å²) in [6.07, 6.45) is 0.445. The summed E-state index contributed by atoms with van der Waals surface area (Å²) in [4.78, 5) is 14.9. The summed E-state index contributed by atoms with van der Waals surface area (Å²) in [7, 11) is -7.61. The van der Waals surface area contributed by atoms with Crippen molar-refractivity contribution in [2.45, 2.75) is 22.3 Å². The van der Waals surface area contributed by atoms with E-state index in [1.165, 1.54) is 28.6 Å². The van der Waals surface area contributed by atoms with Gasteiger partial charge in [0.2, 0.25) is 20.0 Å². The quantitative estimate of drug-likeness (QED) is 0.557. The summed E-state index contributed by atoms with van der Waals surface area (Å²) >= 11 is 0. The van der Waals surface area contributed by atoms with Gasteiger partial charge in [-0.25, -0.2) is 22.0 Å². The lowest BCUT2D eigenvalue weighted by molar-refractivity contribution is 0.0627. The molecular weight excluding hydrogens is 474 g/mol. The molecular formula is C24H25N3O5S2. The summed E-state index contributed by atoms with van der Waals surface area (Å²) in [6, 6.07) is 22.8. The van der Waals surface area contributed by atoms with Crippen LogP contribution in [0.25, 0.3) is 0 Å². The van der Waals surface area contributed by atoms with Crippen molar-refractivity contribution in [1.29, 1.82) is 0 Å². The Hall–Kier alpha value is -3.05. The van der Waals surface area contributed by atoms with Crippen molar-refractivity contribution in [3.05, 3.63) is 96.1 Å². The minimum Gasteiger partial charge on any atom is -0.336 e. The molecule has 10 heteroatoms. The molecule has 178 valence electrons. The zero-order chi connectivity index (χ0) is 24.3. The van der Waals surface area contributed by atoms with E-state index in [0.717, 1.165) is 5.56 Å². The molecule has 0 aromatic heterocycles. The van der Waals surface area contributed by atoms with E-state index in [0.29, 0.717) is 12.0 Å². The van der Waals surface area contributed by atoms with Gasteiger partial charge in [0.15, 0.2) is 0 Å². The second-order valence-corrected chi connectivity index (χ2v) is 11.5. The number of hydrogen-bond donors (Lipinski definition) is 1. The van der Waals surface area contributed by atoms with Crippen LogP contribution in [0.4, 0.5) is 0 Å². The maximum absolute atomic E-state index is 13.4.